The van der Waals surface area contributed by atoms with Crippen molar-refractivity contribution in [2.45, 2.75) is 78.2 Å². The molecule has 2 nitrogen and oxygen atoms in total. The second kappa shape index (κ2) is 14.5. The van der Waals surface area contributed by atoms with Gasteiger partial charge in [0.05, 0.1) is 0 Å². The minimum atomic E-state index is -0.394. The molecule has 142 valence electrons. The minimum absolute atomic E-state index is 0.394. The molecule has 0 heterocycles. The summed E-state index contributed by atoms with van der Waals surface area (Å²) in [5.41, 5.74) is 2.36. The van der Waals surface area contributed by atoms with Crippen LogP contribution in [0.15, 0.2) is 23.4 Å². The Morgan fingerprint density at radius 2 is 1.62 bits per heavy atom. The van der Waals surface area contributed by atoms with Gasteiger partial charge in [0, 0.05) is 25.3 Å². The Labute approximate surface area is 150 Å². The molecule has 0 aromatic carbocycles. The van der Waals surface area contributed by atoms with E-state index in [9.17, 15) is 4.39 Å². The number of allylic oxidation sites excluding steroid dienone is 3. The second-order valence-corrected chi connectivity index (χ2v) is 7.12. The molecule has 0 saturated heterocycles. The van der Waals surface area contributed by atoms with E-state index in [2.05, 4.69) is 50.7 Å². The van der Waals surface area contributed by atoms with Gasteiger partial charge in [-0.25, -0.2) is 4.39 Å². The zero-order chi connectivity index (χ0) is 18.4. The molecule has 1 unspecified atom stereocenters. The van der Waals surface area contributed by atoms with Crippen molar-refractivity contribution in [1.29, 1.82) is 0 Å². The maximum absolute atomic E-state index is 12.6. The van der Waals surface area contributed by atoms with E-state index in [4.69, 9.17) is 0 Å². The van der Waals surface area contributed by atoms with Crippen LogP contribution in [0, 0.1) is 0 Å². The summed E-state index contributed by atoms with van der Waals surface area (Å²) < 4.78 is 12.6. The zero-order valence-corrected chi connectivity index (χ0v) is 17.1. The topological polar surface area (TPSA) is 6.48 Å². The van der Waals surface area contributed by atoms with E-state index >= 15 is 0 Å². The number of hydrogen-bond donors (Lipinski definition) is 0. The van der Waals surface area contributed by atoms with Crippen LogP contribution in [0.4, 0.5) is 4.39 Å². The minimum Gasteiger partial charge on any atom is -0.375 e. The van der Waals surface area contributed by atoms with Crippen LogP contribution in [0.5, 0.6) is 0 Å². The lowest BCUT2D eigenvalue weighted by molar-refractivity contribution is 0.264. The first-order valence-corrected chi connectivity index (χ1v) is 9.77. The summed E-state index contributed by atoms with van der Waals surface area (Å²) in [6.45, 7) is 7.05. The summed E-state index contributed by atoms with van der Waals surface area (Å²) in [5, 5.41) is 0. The first-order valence-electron chi connectivity index (χ1n) is 9.77. The second-order valence-electron chi connectivity index (χ2n) is 7.12. The number of hydrogen-bond acceptors (Lipinski definition) is 2. The van der Waals surface area contributed by atoms with Crippen molar-refractivity contribution in [1.82, 2.24) is 9.80 Å². The van der Waals surface area contributed by atoms with Gasteiger partial charge < -0.3 is 9.80 Å². The van der Waals surface area contributed by atoms with Gasteiger partial charge in [0.15, 0.2) is 0 Å². The van der Waals surface area contributed by atoms with E-state index < -0.39 is 6.67 Å². The number of rotatable bonds is 14. The average molecular weight is 341 g/mol. The van der Waals surface area contributed by atoms with Gasteiger partial charge >= 0.3 is 0 Å². The van der Waals surface area contributed by atoms with E-state index in [1.165, 1.54) is 50.5 Å². The smallest absolute Gasteiger partial charge is 0.110 e. The van der Waals surface area contributed by atoms with Crippen molar-refractivity contribution >= 4 is 0 Å². The molecule has 0 aromatic heterocycles. The Morgan fingerprint density at radius 3 is 2.17 bits per heavy atom. The molecule has 0 aromatic rings. The fourth-order valence-corrected chi connectivity index (χ4v) is 3.05. The van der Waals surface area contributed by atoms with Gasteiger partial charge in [0.25, 0.3) is 0 Å². The van der Waals surface area contributed by atoms with Gasteiger partial charge in [-0.3, -0.25) is 0 Å². The molecule has 3 heteroatoms. The van der Waals surface area contributed by atoms with E-state index in [1.807, 2.05) is 7.05 Å². The quantitative estimate of drug-likeness (QED) is 0.291. The Balaban J connectivity index is 3.94. The van der Waals surface area contributed by atoms with Crippen LogP contribution < -0.4 is 0 Å². The summed E-state index contributed by atoms with van der Waals surface area (Å²) in [5.74, 6) is 0. The Bertz CT molecular complexity index is 361. The maximum Gasteiger partial charge on any atom is 0.110 e. The standard InChI is InChI=1S/C21H41FN2/c1-7-20(23(4)5)15-13-11-9-10-12-14-19(3)18-21(16-17-22)24(6)8-2/h16,18,20H,7-15,17H2,1-6H3/b19-18-,21-16+. The summed E-state index contributed by atoms with van der Waals surface area (Å²) in [7, 11) is 6.39. The third-order valence-electron chi connectivity index (χ3n) is 4.91. The van der Waals surface area contributed by atoms with Crippen molar-refractivity contribution < 1.29 is 4.39 Å². The van der Waals surface area contributed by atoms with Crippen molar-refractivity contribution in [3.05, 3.63) is 23.4 Å². The van der Waals surface area contributed by atoms with Gasteiger partial charge in [0.1, 0.15) is 6.67 Å². The van der Waals surface area contributed by atoms with Crippen molar-refractivity contribution in [3.8, 4) is 0 Å². The molecule has 24 heavy (non-hydrogen) atoms. The summed E-state index contributed by atoms with van der Waals surface area (Å²) in [6.07, 6.45) is 14.1. The molecular weight excluding hydrogens is 299 g/mol. The number of nitrogens with zero attached hydrogens (tertiary/aromatic N) is 2. The molecule has 0 fully saturated rings. The molecule has 0 radical (unpaired) electrons. The zero-order valence-electron chi connectivity index (χ0n) is 17.1. The van der Waals surface area contributed by atoms with Crippen LogP contribution in [0.3, 0.4) is 0 Å². The van der Waals surface area contributed by atoms with E-state index in [0.29, 0.717) is 0 Å². The lowest BCUT2D eigenvalue weighted by Gasteiger charge is -2.22. The highest BCUT2D eigenvalue weighted by atomic mass is 19.1. The molecule has 0 spiro atoms. The number of unbranched alkanes of at least 4 members (excludes halogenated alkanes) is 4. The summed E-state index contributed by atoms with van der Waals surface area (Å²) in [6, 6.07) is 0.742. The average Bonchev–Trinajstić information content (AvgIpc) is 2.55. The summed E-state index contributed by atoms with van der Waals surface area (Å²) >= 11 is 0. The third-order valence-corrected chi connectivity index (χ3v) is 4.91. The number of alkyl halides is 1. The maximum atomic E-state index is 12.6. The van der Waals surface area contributed by atoms with Crippen LogP contribution >= 0.6 is 0 Å². The fraction of sp³-hybridized carbons (Fsp3) is 0.810. The largest absolute Gasteiger partial charge is 0.375 e. The Morgan fingerprint density at radius 1 is 1.00 bits per heavy atom. The van der Waals surface area contributed by atoms with Crippen molar-refractivity contribution in [3.63, 3.8) is 0 Å². The van der Waals surface area contributed by atoms with Gasteiger partial charge in [0.2, 0.25) is 0 Å². The highest BCUT2D eigenvalue weighted by Gasteiger charge is 2.07. The van der Waals surface area contributed by atoms with E-state index in [1.54, 1.807) is 6.08 Å². The molecule has 0 saturated carbocycles. The molecule has 0 aliphatic rings. The molecule has 0 bridgehead atoms. The molecule has 0 rings (SSSR count). The predicted molar refractivity (Wildman–Crippen MR) is 106 cm³/mol. The van der Waals surface area contributed by atoms with Crippen molar-refractivity contribution in [2.75, 3.05) is 34.4 Å². The first kappa shape index (κ1) is 23.2. The first-order chi connectivity index (χ1) is 11.5. The highest BCUT2D eigenvalue weighted by molar-refractivity contribution is 5.21. The third kappa shape index (κ3) is 10.9. The Kier molecular flexibility index (Phi) is 14.0. The normalized spacial score (nSPS) is 14.3. The van der Waals surface area contributed by atoms with Crippen LogP contribution in [0.25, 0.3) is 0 Å². The van der Waals surface area contributed by atoms with Crippen LogP contribution in [-0.4, -0.2) is 50.2 Å². The molecular formula is C21H41FN2. The van der Waals surface area contributed by atoms with E-state index in [-0.39, 0.29) is 0 Å². The molecule has 1 atom stereocenters. The van der Waals surface area contributed by atoms with Gasteiger partial charge in [-0.15, -0.1) is 0 Å². The predicted octanol–water partition coefficient (Wildman–Crippen LogP) is 5.81. The van der Waals surface area contributed by atoms with Gasteiger partial charge in [-0.05, 0) is 65.8 Å². The summed E-state index contributed by atoms with van der Waals surface area (Å²) in [4.78, 5) is 4.45. The van der Waals surface area contributed by atoms with Gasteiger partial charge in [-0.1, -0.05) is 38.2 Å². The van der Waals surface area contributed by atoms with Crippen molar-refractivity contribution in [2.24, 2.45) is 0 Å². The van der Waals surface area contributed by atoms with E-state index in [0.717, 1.165) is 24.7 Å². The van der Waals surface area contributed by atoms with Crippen LogP contribution in [0.2, 0.25) is 0 Å². The molecule has 0 amide bonds. The SMILES string of the molecule is CCC(CCCCCCC/C(C)=C\C(=C/CF)N(C)CC)N(C)C. The molecule has 0 N–H and O–H groups in total. The lowest BCUT2D eigenvalue weighted by Crippen LogP contribution is -2.26. The van der Waals surface area contributed by atoms with Gasteiger partial charge in [-0.2, -0.15) is 0 Å². The Hall–Kier alpha value is -0.830. The monoisotopic (exact) mass is 340 g/mol. The van der Waals surface area contributed by atoms with Crippen LogP contribution in [0.1, 0.15) is 72.1 Å². The highest BCUT2D eigenvalue weighted by Crippen LogP contribution is 2.16. The lowest BCUT2D eigenvalue weighted by atomic mass is 10.0. The number of likely N-dealkylation sites (N-methyl/N-ethyl adjacent to an activating group) is 1. The molecule has 0 aliphatic carbocycles. The molecule has 0 aliphatic heterocycles. The number of halogens is 1. The van der Waals surface area contributed by atoms with Crippen LogP contribution in [-0.2, 0) is 0 Å². The fourth-order valence-electron chi connectivity index (χ4n) is 3.05.